The standard InChI is InChI=1S/C30H34FN3O6/c1-2-39-29(38)23-9-6-16-33(19-23)28(37)25-20-40-30(34(25)27(36)21-7-4-3-5-8-21)14-17-32(18-15-30)26(35)22-10-12-24(31)13-11-22/h3-5,7-8,10-13,23,25H,2,6,9,14-20H2,1H3/t23-,25-/m1/s1. The quantitative estimate of drug-likeness (QED) is 0.530. The predicted octanol–water partition coefficient (Wildman–Crippen LogP) is 3.10. The Morgan fingerprint density at radius 1 is 0.925 bits per heavy atom. The number of ether oxygens (including phenoxy) is 2. The van der Waals surface area contributed by atoms with Crippen molar-refractivity contribution in [2.24, 2.45) is 5.92 Å². The van der Waals surface area contributed by atoms with Gasteiger partial charge in [0.1, 0.15) is 17.6 Å². The van der Waals surface area contributed by atoms with E-state index in [0.29, 0.717) is 56.4 Å². The van der Waals surface area contributed by atoms with Crippen molar-refractivity contribution in [2.75, 3.05) is 39.4 Å². The second-order valence-corrected chi connectivity index (χ2v) is 10.5. The van der Waals surface area contributed by atoms with Gasteiger partial charge in [0, 0.05) is 50.1 Å². The Labute approximate surface area is 232 Å². The first-order valence-corrected chi connectivity index (χ1v) is 13.9. The molecule has 1 spiro atoms. The van der Waals surface area contributed by atoms with Crippen molar-refractivity contribution in [1.29, 1.82) is 0 Å². The summed E-state index contributed by atoms with van der Waals surface area (Å²) < 4.78 is 24.8. The van der Waals surface area contributed by atoms with Crippen LogP contribution in [0.3, 0.4) is 0 Å². The van der Waals surface area contributed by atoms with Gasteiger partial charge in [0.15, 0.2) is 0 Å². The van der Waals surface area contributed by atoms with E-state index in [4.69, 9.17) is 9.47 Å². The summed E-state index contributed by atoms with van der Waals surface area (Å²) in [5, 5.41) is 0. The number of piperidine rings is 2. The second-order valence-electron chi connectivity index (χ2n) is 10.5. The van der Waals surface area contributed by atoms with Gasteiger partial charge >= 0.3 is 5.97 Å². The topological polar surface area (TPSA) is 96.5 Å². The highest BCUT2D eigenvalue weighted by atomic mass is 19.1. The number of hydrogen-bond donors (Lipinski definition) is 0. The fourth-order valence-corrected chi connectivity index (χ4v) is 5.95. The first kappa shape index (κ1) is 27.8. The van der Waals surface area contributed by atoms with Crippen molar-refractivity contribution in [2.45, 2.75) is 44.4 Å². The first-order valence-electron chi connectivity index (χ1n) is 13.9. The number of amides is 3. The monoisotopic (exact) mass is 551 g/mol. The molecule has 3 saturated heterocycles. The number of rotatable bonds is 5. The summed E-state index contributed by atoms with van der Waals surface area (Å²) in [6.07, 6.45) is 1.97. The third-order valence-corrected chi connectivity index (χ3v) is 8.06. The van der Waals surface area contributed by atoms with Crippen molar-refractivity contribution in [3.05, 3.63) is 71.5 Å². The van der Waals surface area contributed by atoms with Crippen LogP contribution in [0.15, 0.2) is 54.6 Å². The molecule has 3 amide bonds. The van der Waals surface area contributed by atoms with Gasteiger partial charge in [0.2, 0.25) is 5.91 Å². The first-order chi connectivity index (χ1) is 19.3. The number of likely N-dealkylation sites (tertiary alicyclic amines) is 2. The summed E-state index contributed by atoms with van der Waals surface area (Å²) in [5.74, 6) is -1.91. The predicted molar refractivity (Wildman–Crippen MR) is 143 cm³/mol. The number of esters is 1. The molecule has 9 nitrogen and oxygen atoms in total. The Hall–Kier alpha value is -3.79. The van der Waals surface area contributed by atoms with Gasteiger partial charge in [-0.3, -0.25) is 24.1 Å². The normalized spacial score (nSPS) is 22.3. The highest BCUT2D eigenvalue weighted by molar-refractivity contribution is 5.99. The number of benzene rings is 2. The third kappa shape index (κ3) is 5.45. The number of halogens is 1. The lowest BCUT2D eigenvalue weighted by Gasteiger charge is -2.45. The molecule has 0 N–H and O–H groups in total. The highest BCUT2D eigenvalue weighted by Gasteiger charge is 2.55. The Kier molecular flexibility index (Phi) is 8.16. The van der Waals surface area contributed by atoms with Gasteiger partial charge in [-0.15, -0.1) is 0 Å². The van der Waals surface area contributed by atoms with Crippen molar-refractivity contribution in [1.82, 2.24) is 14.7 Å². The van der Waals surface area contributed by atoms with E-state index < -0.39 is 23.5 Å². The number of carbonyl (C=O) groups excluding carboxylic acids is 4. The minimum absolute atomic E-state index is 0.0316. The Balaban J connectivity index is 1.36. The SMILES string of the molecule is CCOC(=O)[C@@H]1CCCN(C(=O)[C@H]2COC3(CCN(C(=O)c4ccc(F)cc4)CC3)N2C(=O)c2ccccc2)C1. The van der Waals surface area contributed by atoms with E-state index in [1.165, 1.54) is 24.3 Å². The van der Waals surface area contributed by atoms with E-state index in [0.717, 1.165) is 0 Å². The van der Waals surface area contributed by atoms with Crippen molar-refractivity contribution >= 4 is 23.7 Å². The molecule has 5 rings (SSSR count). The molecule has 3 aliphatic rings. The molecule has 40 heavy (non-hydrogen) atoms. The van der Waals surface area contributed by atoms with E-state index in [-0.39, 0.29) is 43.4 Å². The van der Waals surface area contributed by atoms with Crippen LogP contribution < -0.4 is 0 Å². The third-order valence-electron chi connectivity index (χ3n) is 8.06. The zero-order valence-electron chi connectivity index (χ0n) is 22.6. The Morgan fingerprint density at radius 2 is 1.60 bits per heavy atom. The van der Waals surface area contributed by atoms with Crippen LogP contribution in [0, 0.1) is 11.7 Å². The van der Waals surface area contributed by atoms with Crippen molar-refractivity contribution in [3.63, 3.8) is 0 Å². The smallest absolute Gasteiger partial charge is 0.310 e. The molecule has 3 fully saturated rings. The minimum atomic E-state index is -1.05. The number of hydrogen-bond acceptors (Lipinski definition) is 6. The van der Waals surface area contributed by atoms with Crippen LogP contribution in [0.2, 0.25) is 0 Å². The molecule has 212 valence electrons. The molecule has 0 unspecified atom stereocenters. The van der Waals surface area contributed by atoms with Crippen molar-refractivity contribution < 1.29 is 33.0 Å². The molecule has 2 aromatic carbocycles. The minimum Gasteiger partial charge on any atom is -0.466 e. The fourth-order valence-electron chi connectivity index (χ4n) is 5.95. The maximum absolute atomic E-state index is 13.9. The van der Waals surface area contributed by atoms with Crippen LogP contribution in [-0.2, 0) is 19.1 Å². The van der Waals surface area contributed by atoms with E-state index in [2.05, 4.69) is 0 Å². The van der Waals surface area contributed by atoms with Crippen LogP contribution in [-0.4, -0.2) is 89.6 Å². The average molecular weight is 552 g/mol. The molecule has 10 heteroatoms. The molecule has 3 heterocycles. The lowest BCUT2D eigenvalue weighted by molar-refractivity contribution is -0.152. The molecule has 0 aliphatic carbocycles. The lowest BCUT2D eigenvalue weighted by Crippen LogP contribution is -2.60. The van der Waals surface area contributed by atoms with Gasteiger partial charge in [0.25, 0.3) is 11.8 Å². The zero-order chi connectivity index (χ0) is 28.3. The van der Waals surface area contributed by atoms with E-state index >= 15 is 0 Å². The molecular formula is C30H34FN3O6. The summed E-state index contributed by atoms with van der Waals surface area (Å²) in [7, 11) is 0. The van der Waals surface area contributed by atoms with E-state index in [9.17, 15) is 23.6 Å². The van der Waals surface area contributed by atoms with Crippen LogP contribution in [0.4, 0.5) is 4.39 Å². The maximum Gasteiger partial charge on any atom is 0.310 e. The fraction of sp³-hybridized carbons (Fsp3) is 0.467. The van der Waals surface area contributed by atoms with Gasteiger partial charge in [-0.1, -0.05) is 18.2 Å². The summed E-state index contributed by atoms with van der Waals surface area (Å²) in [6.45, 7) is 3.42. The van der Waals surface area contributed by atoms with Gasteiger partial charge in [-0.2, -0.15) is 0 Å². The van der Waals surface area contributed by atoms with Gasteiger partial charge < -0.3 is 19.3 Å². The van der Waals surface area contributed by atoms with Gasteiger partial charge in [-0.25, -0.2) is 4.39 Å². The second kappa shape index (κ2) is 11.8. The zero-order valence-corrected chi connectivity index (χ0v) is 22.6. The van der Waals surface area contributed by atoms with Gasteiger partial charge in [0.05, 0.1) is 19.1 Å². The Bertz CT molecular complexity index is 1250. The van der Waals surface area contributed by atoms with E-state index in [1.54, 1.807) is 45.9 Å². The molecule has 3 aliphatic heterocycles. The molecular weight excluding hydrogens is 517 g/mol. The van der Waals surface area contributed by atoms with Crippen LogP contribution in [0.5, 0.6) is 0 Å². The molecule has 2 atom stereocenters. The average Bonchev–Trinajstić information content (AvgIpc) is 3.35. The largest absolute Gasteiger partial charge is 0.466 e. The number of nitrogens with zero attached hydrogens (tertiary/aromatic N) is 3. The van der Waals surface area contributed by atoms with Crippen LogP contribution >= 0.6 is 0 Å². The summed E-state index contributed by atoms with van der Waals surface area (Å²) in [5.41, 5.74) is -0.224. The van der Waals surface area contributed by atoms with E-state index in [1.807, 2.05) is 6.07 Å². The van der Waals surface area contributed by atoms with Crippen LogP contribution in [0.1, 0.15) is 53.3 Å². The highest BCUT2D eigenvalue weighted by Crippen LogP contribution is 2.39. The molecule has 0 radical (unpaired) electrons. The molecule has 2 aromatic rings. The van der Waals surface area contributed by atoms with Gasteiger partial charge in [-0.05, 0) is 56.2 Å². The lowest BCUT2D eigenvalue weighted by atomic mass is 9.95. The number of carbonyl (C=O) groups is 4. The molecule has 0 saturated carbocycles. The molecule has 0 aromatic heterocycles. The summed E-state index contributed by atoms with van der Waals surface area (Å²) in [6, 6.07) is 13.3. The molecule has 0 bridgehead atoms. The Morgan fingerprint density at radius 3 is 2.27 bits per heavy atom. The summed E-state index contributed by atoms with van der Waals surface area (Å²) >= 11 is 0. The maximum atomic E-state index is 13.9. The van der Waals surface area contributed by atoms with Crippen LogP contribution in [0.25, 0.3) is 0 Å². The summed E-state index contributed by atoms with van der Waals surface area (Å²) in [4.78, 5) is 58.1. The van der Waals surface area contributed by atoms with Crippen molar-refractivity contribution in [3.8, 4) is 0 Å².